The molecule has 8 heteroatoms. The first-order valence-corrected chi connectivity index (χ1v) is 10.5. The summed E-state index contributed by atoms with van der Waals surface area (Å²) in [4.78, 5) is 17.7. The second-order valence-electron chi connectivity index (χ2n) is 7.89. The van der Waals surface area contributed by atoms with Crippen LogP contribution in [0, 0.1) is 5.41 Å². The lowest BCUT2D eigenvalue weighted by molar-refractivity contribution is -0.118. The van der Waals surface area contributed by atoms with Crippen LogP contribution in [0.15, 0.2) is 34.6 Å². The Morgan fingerprint density at radius 3 is 2.89 bits per heavy atom. The molecule has 4 rings (SSSR count). The molecule has 2 aromatic rings. The van der Waals surface area contributed by atoms with Crippen LogP contribution in [0.3, 0.4) is 0 Å². The normalized spacial score (nSPS) is 20.4. The number of allylic oxidation sites excluding steroid dienone is 2. The number of anilines is 1. The lowest BCUT2D eigenvalue weighted by atomic mass is 9.73. The number of nitrogens with one attached hydrogen (secondary N) is 1. The van der Waals surface area contributed by atoms with Crippen LogP contribution in [0.1, 0.15) is 45.2 Å². The number of aromatic hydroxyl groups is 1. The fourth-order valence-electron chi connectivity index (χ4n) is 3.96. The lowest BCUT2D eigenvalue weighted by Crippen LogP contribution is -2.36. The molecule has 2 N–H and O–H groups in total. The topological polar surface area (TPSA) is 89.3 Å². The number of rotatable bonds is 4. The number of carbonyl (C=O) groups excluding carboxylic acids is 1. The van der Waals surface area contributed by atoms with Gasteiger partial charge in [0.1, 0.15) is 6.04 Å². The number of aromatic nitrogens is 3. The minimum absolute atomic E-state index is 0.0773. The molecule has 0 spiro atoms. The molecule has 28 heavy (non-hydrogen) atoms. The van der Waals surface area contributed by atoms with Crippen molar-refractivity contribution in [1.82, 2.24) is 14.8 Å². The molecule has 0 radical (unpaired) electrons. The van der Waals surface area contributed by atoms with E-state index >= 15 is 0 Å². The number of ether oxygens (including phenoxy) is 1. The number of hydrogen-bond acceptors (Lipinski definition) is 7. The van der Waals surface area contributed by atoms with Gasteiger partial charge in [-0.05, 0) is 42.7 Å². The van der Waals surface area contributed by atoms with Gasteiger partial charge in [0.15, 0.2) is 17.3 Å². The first-order chi connectivity index (χ1) is 13.3. The van der Waals surface area contributed by atoms with Crippen LogP contribution in [-0.4, -0.2) is 38.5 Å². The molecule has 1 aliphatic carbocycles. The summed E-state index contributed by atoms with van der Waals surface area (Å²) < 4.78 is 7.33. The molecule has 1 atom stereocenters. The van der Waals surface area contributed by atoms with Crippen LogP contribution in [0.5, 0.6) is 11.5 Å². The molecule has 0 bridgehead atoms. The van der Waals surface area contributed by atoms with E-state index in [0.717, 1.165) is 23.3 Å². The molecule has 0 fully saturated rings. The van der Waals surface area contributed by atoms with Crippen LogP contribution >= 0.6 is 11.8 Å². The molecule has 0 saturated carbocycles. The number of phenolic OH excluding ortho intramolecular Hbond substituents is 1. The van der Waals surface area contributed by atoms with Crippen molar-refractivity contribution in [1.29, 1.82) is 0 Å². The Morgan fingerprint density at radius 1 is 1.39 bits per heavy atom. The molecule has 1 aliphatic heterocycles. The first kappa shape index (κ1) is 18.9. The third-order valence-corrected chi connectivity index (χ3v) is 5.63. The first-order valence-electron chi connectivity index (χ1n) is 9.32. The predicted molar refractivity (Wildman–Crippen MR) is 108 cm³/mol. The highest BCUT2D eigenvalue weighted by Gasteiger charge is 2.42. The van der Waals surface area contributed by atoms with E-state index in [-0.39, 0.29) is 16.9 Å². The molecular weight excluding hydrogens is 376 g/mol. The molecule has 1 aromatic carbocycles. The summed E-state index contributed by atoms with van der Waals surface area (Å²) >= 11 is 1.46. The summed E-state index contributed by atoms with van der Waals surface area (Å²) in [6.45, 7) is 6.51. The zero-order valence-electron chi connectivity index (χ0n) is 16.4. The maximum atomic E-state index is 13.1. The summed E-state index contributed by atoms with van der Waals surface area (Å²) in [5.74, 6) is 1.22. The number of phenols is 1. The monoisotopic (exact) mass is 400 g/mol. The Balaban J connectivity index is 1.89. The highest BCUT2D eigenvalue weighted by molar-refractivity contribution is 7.98. The summed E-state index contributed by atoms with van der Waals surface area (Å²) in [6, 6.07) is 4.81. The lowest BCUT2D eigenvalue weighted by Gasteiger charge is -2.38. The van der Waals surface area contributed by atoms with Crippen molar-refractivity contribution in [2.45, 2.75) is 44.8 Å². The Hall–Kier alpha value is -2.48. The number of nitrogens with zero attached hydrogens (tertiary/aromatic N) is 3. The highest BCUT2D eigenvalue weighted by atomic mass is 32.2. The number of carbonyl (C=O) groups is 1. The fraction of sp³-hybridized carbons (Fsp3) is 0.450. The summed E-state index contributed by atoms with van der Waals surface area (Å²) in [7, 11) is 0. The standard InChI is InChI=1S/C20H24N4O3S/c1-5-27-15-8-11(6-7-13(15)25)17-16-12(9-20(2,3)10-14(16)26)21-18-22-19(28-4)23-24(17)18/h6-8,17,25H,5,9-10H2,1-4H3,(H,21,22,23)/t17-/m1/s1. The van der Waals surface area contributed by atoms with Crippen LogP contribution in [0.2, 0.25) is 0 Å². The Bertz CT molecular complexity index is 980. The molecule has 2 aliphatic rings. The van der Waals surface area contributed by atoms with Gasteiger partial charge in [-0.15, -0.1) is 5.10 Å². The van der Waals surface area contributed by atoms with E-state index in [4.69, 9.17) is 4.74 Å². The van der Waals surface area contributed by atoms with E-state index in [9.17, 15) is 9.90 Å². The maximum Gasteiger partial charge on any atom is 0.227 e. The van der Waals surface area contributed by atoms with Crippen molar-refractivity contribution in [3.05, 3.63) is 35.0 Å². The van der Waals surface area contributed by atoms with Gasteiger partial charge in [-0.25, -0.2) is 4.68 Å². The third kappa shape index (κ3) is 3.15. The summed E-state index contributed by atoms with van der Waals surface area (Å²) in [5.41, 5.74) is 2.35. The number of ketones is 1. The van der Waals surface area contributed by atoms with Gasteiger partial charge in [-0.2, -0.15) is 4.98 Å². The minimum atomic E-state index is -0.400. The van der Waals surface area contributed by atoms with Crippen LogP contribution < -0.4 is 10.1 Å². The van der Waals surface area contributed by atoms with Crippen molar-refractivity contribution < 1.29 is 14.6 Å². The second-order valence-corrected chi connectivity index (χ2v) is 8.66. The average Bonchev–Trinajstić information content (AvgIpc) is 3.04. The zero-order valence-corrected chi connectivity index (χ0v) is 17.3. The van der Waals surface area contributed by atoms with Gasteiger partial charge in [0, 0.05) is 17.7 Å². The second kappa shape index (κ2) is 6.84. The predicted octanol–water partition coefficient (Wildman–Crippen LogP) is 3.76. The van der Waals surface area contributed by atoms with E-state index in [2.05, 4.69) is 29.2 Å². The van der Waals surface area contributed by atoms with Gasteiger partial charge in [0.2, 0.25) is 11.1 Å². The molecular formula is C20H24N4O3S. The van der Waals surface area contributed by atoms with Crippen LogP contribution in [-0.2, 0) is 4.79 Å². The van der Waals surface area contributed by atoms with Gasteiger partial charge >= 0.3 is 0 Å². The van der Waals surface area contributed by atoms with Crippen molar-refractivity contribution in [2.75, 3.05) is 18.2 Å². The highest BCUT2D eigenvalue weighted by Crippen LogP contribution is 2.46. The molecule has 0 unspecified atom stereocenters. The number of Topliss-reactive ketones (excluding diaryl/α,β-unsaturated/α-hetero) is 1. The van der Waals surface area contributed by atoms with Gasteiger partial charge in [-0.1, -0.05) is 31.7 Å². The van der Waals surface area contributed by atoms with E-state index in [1.165, 1.54) is 11.8 Å². The van der Waals surface area contributed by atoms with Crippen molar-refractivity contribution in [2.24, 2.45) is 5.41 Å². The van der Waals surface area contributed by atoms with Gasteiger partial charge in [0.25, 0.3) is 0 Å². The largest absolute Gasteiger partial charge is 0.504 e. The maximum absolute atomic E-state index is 13.1. The molecule has 0 saturated heterocycles. The van der Waals surface area contributed by atoms with E-state index in [0.29, 0.717) is 29.9 Å². The quantitative estimate of drug-likeness (QED) is 0.755. The van der Waals surface area contributed by atoms with Gasteiger partial charge in [0.05, 0.1) is 6.61 Å². The van der Waals surface area contributed by atoms with Gasteiger partial charge in [-0.3, -0.25) is 4.79 Å². The van der Waals surface area contributed by atoms with Crippen molar-refractivity contribution >= 4 is 23.5 Å². The molecule has 2 heterocycles. The Morgan fingerprint density at radius 2 is 2.18 bits per heavy atom. The van der Waals surface area contributed by atoms with Crippen molar-refractivity contribution in [3.63, 3.8) is 0 Å². The molecule has 7 nitrogen and oxygen atoms in total. The average molecular weight is 401 g/mol. The number of fused-ring (bicyclic) bond motifs is 1. The SMILES string of the molecule is CCOc1cc([C@@H]2C3=C(CC(C)(C)CC3=O)Nc3nc(SC)nn32)ccc1O. The minimum Gasteiger partial charge on any atom is -0.504 e. The van der Waals surface area contributed by atoms with Crippen LogP contribution in [0.4, 0.5) is 5.95 Å². The summed E-state index contributed by atoms with van der Waals surface area (Å²) in [6.07, 6.45) is 3.17. The molecule has 148 valence electrons. The molecule has 0 amide bonds. The third-order valence-electron chi connectivity index (χ3n) is 5.09. The zero-order chi connectivity index (χ0) is 20.1. The number of thioether (sulfide) groups is 1. The van der Waals surface area contributed by atoms with E-state index in [1.54, 1.807) is 16.8 Å². The van der Waals surface area contributed by atoms with Crippen molar-refractivity contribution in [3.8, 4) is 11.5 Å². The number of benzene rings is 1. The van der Waals surface area contributed by atoms with Gasteiger partial charge < -0.3 is 15.2 Å². The summed E-state index contributed by atoms with van der Waals surface area (Å²) in [5, 5.41) is 18.7. The molecule has 1 aromatic heterocycles. The smallest absolute Gasteiger partial charge is 0.227 e. The Labute approximate surface area is 168 Å². The van der Waals surface area contributed by atoms with E-state index < -0.39 is 6.04 Å². The van der Waals surface area contributed by atoms with Crippen LogP contribution in [0.25, 0.3) is 0 Å². The van der Waals surface area contributed by atoms with E-state index in [1.807, 2.05) is 19.2 Å². The number of hydrogen-bond donors (Lipinski definition) is 2. The fourth-order valence-corrected chi connectivity index (χ4v) is 4.30. The Kier molecular flexibility index (Phi) is 4.61.